The van der Waals surface area contributed by atoms with E-state index in [9.17, 15) is 9.59 Å². The van der Waals surface area contributed by atoms with Crippen LogP contribution in [-0.4, -0.2) is 37.1 Å². The van der Waals surface area contributed by atoms with Gasteiger partial charge in [0.1, 0.15) is 0 Å². The Labute approximate surface area is 128 Å². The van der Waals surface area contributed by atoms with Crippen LogP contribution in [0.1, 0.15) is 12.1 Å². The lowest BCUT2D eigenvalue weighted by molar-refractivity contribution is -0.136. The SMILES string of the molecule is COCCCNC(=O)C(=O)Nc1cc(C)nc2ccccc12. The highest BCUT2D eigenvalue weighted by molar-refractivity contribution is 6.40. The van der Waals surface area contributed by atoms with E-state index in [1.165, 1.54) is 0 Å². The summed E-state index contributed by atoms with van der Waals surface area (Å²) in [6, 6.07) is 9.21. The standard InChI is InChI=1S/C16H19N3O3/c1-11-10-14(12-6-3-4-7-13(12)18-11)19-16(21)15(20)17-8-5-9-22-2/h3-4,6-7,10H,5,8-9H2,1-2H3,(H,17,20)(H,18,19,21). The number of para-hydroxylation sites is 1. The highest BCUT2D eigenvalue weighted by Gasteiger charge is 2.14. The number of methoxy groups -OCH3 is 1. The summed E-state index contributed by atoms with van der Waals surface area (Å²) in [5, 5.41) is 6.00. The molecule has 0 saturated heterocycles. The maximum atomic E-state index is 12.0. The Bertz CT molecular complexity index is 685. The van der Waals surface area contributed by atoms with Gasteiger partial charge in [-0.1, -0.05) is 18.2 Å². The monoisotopic (exact) mass is 301 g/mol. The van der Waals surface area contributed by atoms with E-state index in [4.69, 9.17) is 4.74 Å². The molecule has 0 aliphatic rings. The fourth-order valence-corrected chi connectivity index (χ4v) is 2.09. The van der Waals surface area contributed by atoms with Crippen LogP contribution in [0, 0.1) is 6.92 Å². The molecule has 2 N–H and O–H groups in total. The third-order valence-corrected chi connectivity index (χ3v) is 3.11. The molecular weight excluding hydrogens is 282 g/mol. The van der Waals surface area contributed by atoms with Gasteiger partial charge in [0.2, 0.25) is 0 Å². The first-order chi connectivity index (χ1) is 10.6. The molecule has 1 heterocycles. The van der Waals surface area contributed by atoms with Crippen molar-refractivity contribution >= 4 is 28.4 Å². The number of nitrogens with one attached hydrogen (secondary N) is 2. The Balaban J connectivity index is 2.07. The van der Waals surface area contributed by atoms with Gasteiger partial charge in [-0.05, 0) is 25.5 Å². The second-order valence-corrected chi connectivity index (χ2v) is 4.88. The Kier molecular flexibility index (Phi) is 5.43. The van der Waals surface area contributed by atoms with Gasteiger partial charge < -0.3 is 15.4 Å². The number of carbonyl (C=O) groups is 2. The van der Waals surface area contributed by atoms with Crippen LogP contribution in [0.5, 0.6) is 0 Å². The molecule has 22 heavy (non-hydrogen) atoms. The van der Waals surface area contributed by atoms with Crippen molar-refractivity contribution in [3.63, 3.8) is 0 Å². The summed E-state index contributed by atoms with van der Waals surface area (Å²) in [5.74, 6) is -1.34. The number of ether oxygens (including phenoxy) is 1. The summed E-state index contributed by atoms with van der Waals surface area (Å²) in [6.45, 7) is 2.78. The molecule has 6 heteroatoms. The molecule has 0 atom stereocenters. The molecule has 2 rings (SSSR count). The predicted octanol–water partition coefficient (Wildman–Crippen LogP) is 1.63. The second kappa shape index (κ2) is 7.51. The van der Waals surface area contributed by atoms with Gasteiger partial charge in [0, 0.05) is 31.3 Å². The molecule has 6 nitrogen and oxygen atoms in total. The number of pyridine rings is 1. The van der Waals surface area contributed by atoms with Crippen molar-refractivity contribution in [3.8, 4) is 0 Å². The van der Waals surface area contributed by atoms with E-state index < -0.39 is 11.8 Å². The van der Waals surface area contributed by atoms with E-state index in [1.807, 2.05) is 31.2 Å². The third-order valence-electron chi connectivity index (χ3n) is 3.11. The van der Waals surface area contributed by atoms with E-state index in [-0.39, 0.29) is 0 Å². The largest absolute Gasteiger partial charge is 0.385 e. The topological polar surface area (TPSA) is 80.3 Å². The summed E-state index contributed by atoms with van der Waals surface area (Å²) in [7, 11) is 1.59. The number of rotatable bonds is 5. The van der Waals surface area contributed by atoms with Crippen molar-refractivity contribution in [2.24, 2.45) is 0 Å². The lowest BCUT2D eigenvalue weighted by atomic mass is 10.1. The van der Waals surface area contributed by atoms with Crippen molar-refractivity contribution in [2.75, 3.05) is 25.6 Å². The molecule has 0 fully saturated rings. The smallest absolute Gasteiger partial charge is 0.313 e. The maximum Gasteiger partial charge on any atom is 0.313 e. The molecule has 0 saturated carbocycles. The Morgan fingerprint density at radius 1 is 1.23 bits per heavy atom. The third kappa shape index (κ3) is 4.02. The van der Waals surface area contributed by atoms with E-state index in [1.54, 1.807) is 13.2 Å². The average Bonchev–Trinajstić information content (AvgIpc) is 2.51. The lowest BCUT2D eigenvalue weighted by Crippen LogP contribution is -2.36. The molecule has 0 aliphatic heterocycles. The van der Waals surface area contributed by atoms with Crippen LogP contribution in [0.25, 0.3) is 10.9 Å². The number of fused-ring (bicyclic) bond motifs is 1. The number of benzene rings is 1. The van der Waals surface area contributed by atoms with Gasteiger partial charge >= 0.3 is 11.8 Å². The summed E-state index contributed by atoms with van der Waals surface area (Å²) in [6.07, 6.45) is 0.660. The number of carbonyl (C=O) groups excluding carboxylic acids is 2. The number of aryl methyl sites for hydroxylation is 1. The zero-order valence-corrected chi connectivity index (χ0v) is 12.7. The number of nitrogens with zero attached hydrogens (tertiary/aromatic N) is 1. The van der Waals surface area contributed by atoms with Crippen LogP contribution in [0.2, 0.25) is 0 Å². The molecular formula is C16H19N3O3. The summed E-state index contributed by atoms with van der Waals surface area (Å²) in [5.41, 5.74) is 2.13. The fourth-order valence-electron chi connectivity index (χ4n) is 2.09. The first kappa shape index (κ1) is 15.9. The van der Waals surface area contributed by atoms with E-state index in [0.717, 1.165) is 16.6 Å². The highest BCUT2D eigenvalue weighted by atomic mass is 16.5. The normalized spacial score (nSPS) is 10.5. The number of hydrogen-bond acceptors (Lipinski definition) is 4. The zero-order valence-electron chi connectivity index (χ0n) is 12.7. The van der Waals surface area contributed by atoms with Crippen LogP contribution in [0.15, 0.2) is 30.3 Å². The Morgan fingerprint density at radius 3 is 2.77 bits per heavy atom. The molecule has 0 spiro atoms. The maximum absolute atomic E-state index is 12.0. The number of anilines is 1. The van der Waals surface area contributed by atoms with Gasteiger partial charge in [0.05, 0.1) is 11.2 Å². The van der Waals surface area contributed by atoms with Gasteiger partial charge in [0.25, 0.3) is 0 Å². The number of hydrogen-bond donors (Lipinski definition) is 2. The van der Waals surface area contributed by atoms with Crippen LogP contribution in [0.3, 0.4) is 0 Å². The van der Waals surface area contributed by atoms with Gasteiger partial charge in [-0.3, -0.25) is 14.6 Å². The van der Waals surface area contributed by atoms with E-state index in [2.05, 4.69) is 15.6 Å². The average molecular weight is 301 g/mol. The minimum atomic E-state index is -0.687. The minimum Gasteiger partial charge on any atom is -0.385 e. The fraction of sp³-hybridized carbons (Fsp3) is 0.312. The van der Waals surface area contributed by atoms with Crippen molar-refractivity contribution in [1.29, 1.82) is 0 Å². The van der Waals surface area contributed by atoms with Crippen molar-refractivity contribution < 1.29 is 14.3 Å². The molecule has 1 aromatic heterocycles. The molecule has 0 unspecified atom stereocenters. The van der Waals surface area contributed by atoms with Crippen molar-refractivity contribution in [2.45, 2.75) is 13.3 Å². The second-order valence-electron chi connectivity index (χ2n) is 4.88. The molecule has 0 bridgehead atoms. The predicted molar refractivity (Wildman–Crippen MR) is 84.6 cm³/mol. The van der Waals surface area contributed by atoms with Crippen LogP contribution in [0.4, 0.5) is 5.69 Å². The Hall–Kier alpha value is -2.47. The summed E-state index contributed by atoms with van der Waals surface area (Å²) >= 11 is 0. The highest BCUT2D eigenvalue weighted by Crippen LogP contribution is 2.22. The summed E-state index contributed by atoms with van der Waals surface area (Å²) in [4.78, 5) is 28.1. The first-order valence-corrected chi connectivity index (χ1v) is 7.06. The molecule has 1 aromatic carbocycles. The quantitative estimate of drug-likeness (QED) is 0.650. The van der Waals surface area contributed by atoms with Crippen molar-refractivity contribution in [1.82, 2.24) is 10.3 Å². The lowest BCUT2D eigenvalue weighted by Gasteiger charge is -2.10. The molecule has 116 valence electrons. The van der Waals surface area contributed by atoms with E-state index >= 15 is 0 Å². The van der Waals surface area contributed by atoms with Crippen molar-refractivity contribution in [3.05, 3.63) is 36.0 Å². The summed E-state index contributed by atoms with van der Waals surface area (Å²) < 4.78 is 4.88. The van der Waals surface area contributed by atoms with E-state index in [0.29, 0.717) is 25.3 Å². The minimum absolute atomic E-state index is 0.399. The van der Waals surface area contributed by atoms with Gasteiger partial charge in [-0.15, -0.1) is 0 Å². The van der Waals surface area contributed by atoms with Crippen LogP contribution < -0.4 is 10.6 Å². The zero-order chi connectivity index (χ0) is 15.9. The number of amides is 2. The van der Waals surface area contributed by atoms with Crippen LogP contribution in [-0.2, 0) is 14.3 Å². The first-order valence-electron chi connectivity index (χ1n) is 7.06. The number of aromatic nitrogens is 1. The van der Waals surface area contributed by atoms with Gasteiger partial charge in [0.15, 0.2) is 0 Å². The van der Waals surface area contributed by atoms with Crippen LogP contribution >= 0.6 is 0 Å². The Morgan fingerprint density at radius 2 is 2.00 bits per heavy atom. The molecule has 0 radical (unpaired) electrons. The molecule has 2 amide bonds. The van der Waals surface area contributed by atoms with Gasteiger partial charge in [-0.2, -0.15) is 0 Å². The molecule has 2 aromatic rings. The van der Waals surface area contributed by atoms with Gasteiger partial charge in [-0.25, -0.2) is 0 Å². The molecule has 0 aliphatic carbocycles.